The number of thioether (sulfide) groups is 1. The van der Waals surface area contributed by atoms with Crippen LogP contribution in [0.3, 0.4) is 0 Å². The Morgan fingerprint density at radius 2 is 2.10 bits per heavy atom. The molecule has 0 saturated carbocycles. The third kappa shape index (κ3) is 4.04. The van der Waals surface area contributed by atoms with E-state index in [4.69, 9.17) is 27.9 Å². The van der Waals surface area contributed by atoms with E-state index in [-0.39, 0.29) is 17.4 Å². The van der Waals surface area contributed by atoms with Crippen LogP contribution in [-0.4, -0.2) is 23.4 Å². The topological polar surface area (TPSA) is 38.3 Å². The van der Waals surface area contributed by atoms with E-state index in [0.717, 1.165) is 5.56 Å². The van der Waals surface area contributed by atoms with Crippen molar-refractivity contribution in [2.75, 3.05) is 5.75 Å². The number of halogens is 2. The molecule has 0 radical (unpaired) electrons. The Balaban J connectivity index is 2.03. The summed E-state index contributed by atoms with van der Waals surface area (Å²) in [5, 5.41) is 4.44. The van der Waals surface area contributed by atoms with Gasteiger partial charge < -0.3 is 4.74 Å². The first-order valence-corrected chi connectivity index (χ1v) is 8.12. The molecule has 0 aliphatic carbocycles. The second kappa shape index (κ2) is 6.14. The molecule has 1 saturated heterocycles. The summed E-state index contributed by atoms with van der Waals surface area (Å²) in [4.78, 5) is 12.0. The van der Waals surface area contributed by atoms with Crippen LogP contribution in [0.4, 0.5) is 0 Å². The van der Waals surface area contributed by atoms with Gasteiger partial charge in [0.15, 0.2) is 0 Å². The van der Waals surface area contributed by atoms with Gasteiger partial charge in [-0.1, -0.05) is 29.3 Å². The van der Waals surface area contributed by atoms with Gasteiger partial charge in [0.1, 0.15) is 11.6 Å². The second-order valence-electron chi connectivity index (χ2n) is 5.63. The highest BCUT2D eigenvalue weighted by molar-refractivity contribution is 7.99. The molecule has 1 unspecified atom stereocenters. The third-order valence-corrected chi connectivity index (χ3v) is 4.53. The first-order valence-electron chi connectivity index (χ1n) is 6.32. The van der Waals surface area contributed by atoms with E-state index in [9.17, 15) is 4.79 Å². The van der Waals surface area contributed by atoms with Gasteiger partial charge in [-0.25, -0.2) is 0 Å². The molecule has 1 aromatic rings. The second-order valence-corrected chi connectivity index (χ2v) is 7.61. The molecule has 110 valence electrons. The minimum Gasteiger partial charge on any atom is -0.459 e. The van der Waals surface area contributed by atoms with Gasteiger partial charge in [-0.05, 0) is 38.5 Å². The van der Waals surface area contributed by atoms with Crippen LogP contribution in [0.2, 0.25) is 10.0 Å². The molecule has 1 aliphatic heterocycles. The van der Waals surface area contributed by atoms with E-state index in [1.54, 1.807) is 23.9 Å². The zero-order valence-corrected chi connectivity index (χ0v) is 13.9. The number of carbonyl (C=O) groups excluding carboxylic acids is 1. The summed E-state index contributed by atoms with van der Waals surface area (Å²) in [6, 6.07) is 5.08. The van der Waals surface area contributed by atoms with E-state index in [2.05, 4.69) is 5.32 Å². The normalized spacial score (nSPS) is 22.9. The van der Waals surface area contributed by atoms with Crippen molar-refractivity contribution in [1.82, 2.24) is 5.32 Å². The van der Waals surface area contributed by atoms with Gasteiger partial charge in [0, 0.05) is 15.8 Å². The first kappa shape index (κ1) is 16.0. The fourth-order valence-corrected chi connectivity index (χ4v) is 3.72. The molecule has 6 heteroatoms. The fourth-order valence-electron chi connectivity index (χ4n) is 1.87. The zero-order chi connectivity index (χ0) is 14.9. The lowest BCUT2D eigenvalue weighted by Gasteiger charge is -2.22. The summed E-state index contributed by atoms with van der Waals surface area (Å²) in [5.74, 6) is 0.441. The summed E-state index contributed by atoms with van der Waals surface area (Å²) in [7, 11) is 0. The van der Waals surface area contributed by atoms with Crippen molar-refractivity contribution in [2.24, 2.45) is 0 Å². The van der Waals surface area contributed by atoms with E-state index in [1.807, 2.05) is 26.8 Å². The predicted octanol–water partition coefficient (Wildman–Crippen LogP) is 4.04. The number of rotatable bonds is 2. The van der Waals surface area contributed by atoms with Crippen LogP contribution in [0.15, 0.2) is 18.2 Å². The van der Waals surface area contributed by atoms with E-state index >= 15 is 0 Å². The van der Waals surface area contributed by atoms with Crippen LogP contribution in [-0.2, 0) is 9.53 Å². The molecule has 1 fully saturated rings. The molecule has 2 rings (SSSR count). The Morgan fingerprint density at radius 1 is 1.40 bits per heavy atom. The molecule has 1 heterocycles. The quantitative estimate of drug-likeness (QED) is 0.829. The van der Waals surface area contributed by atoms with Crippen molar-refractivity contribution in [3.8, 4) is 0 Å². The van der Waals surface area contributed by atoms with Crippen molar-refractivity contribution in [2.45, 2.75) is 37.8 Å². The van der Waals surface area contributed by atoms with Crippen LogP contribution in [0, 0.1) is 0 Å². The Morgan fingerprint density at radius 3 is 2.70 bits per heavy atom. The lowest BCUT2D eigenvalue weighted by molar-refractivity contribution is -0.156. The molecule has 0 aromatic heterocycles. The van der Waals surface area contributed by atoms with Crippen molar-refractivity contribution in [3.63, 3.8) is 0 Å². The number of esters is 1. The molecule has 20 heavy (non-hydrogen) atoms. The first-order chi connectivity index (χ1) is 9.26. The lowest BCUT2D eigenvalue weighted by Crippen LogP contribution is -2.39. The Labute approximate surface area is 133 Å². The number of carbonyl (C=O) groups is 1. The fraction of sp³-hybridized carbons (Fsp3) is 0.500. The Kier molecular flexibility index (Phi) is 4.90. The maximum absolute atomic E-state index is 12.0. The van der Waals surface area contributed by atoms with Crippen LogP contribution in [0.1, 0.15) is 31.7 Å². The molecule has 0 bridgehead atoms. The maximum atomic E-state index is 12.0. The maximum Gasteiger partial charge on any atom is 0.324 e. The van der Waals surface area contributed by atoms with Crippen molar-refractivity contribution < 1.29 is 9.53 Å². The number of hydrogen-bond acceptors (Lipinski definition) is 4. The van der Waals surface area contributed by atoms with Gasteiger partial charge in [0.05, 0.1) is 5.37 Å². The van der Waals surface area contributed by atoms with Gasteiger partial charge in [0.2, 0.25) is 0 Å². The average molecular weight is 334 g/mol. The monoisotopic (exact) mass is 333 g/mol. The van der Waals surface area contributed by atoms with Crippen LogP contribution >= 0.6 is 35.0 Å². The van der Waals surface area contributed by atoms with E-state index in [0.29, 0.717) is 15.8 Å². The number of hydrogen-bond donors (Lipinski definition) is 1. The summed E-state index contributed by atoms with van der Waals surface area (Å²) in [5.41, 5.74) is 0.464. The molecule has 0 spiro atoms. The summed E-state index contributed by atoms with van der Waals surface area (Å²) in [6.07, 6.45) is 0. The van der Waals surface area contributed by atoms with Crippen molar-refractivity contribution >= 4 is 40.9 Å². The molecule has 0 amide bonds. The molecule has 2 atom stereocenters. The minimum absolute atomic E-state index is 0.0164. The van der Waals surface area contributed by atoms with Crippen LogP contribution in [0.5, 0.6) is 0 Å². The summed E-state index contributed by atoms with van der Waals surface area (Å²) < 4.78 is 5.39. The summed E-state index contributed by atoms with van der Waals surface area (Å²) in [6.45, 7) is 5.58. The standard InChI is InChI=1S/C14H17Cl2NO2S/c1-14(2,3)19-13(18)11-7-20-12(17-11)9-5-4-8(15)6-10(9)16/h4-6,11-12,17H,7H2,1-3H3/t11-,12?/m1/s1. The Bertz CT molecular complexity index is 516. The number of benzene rings is 1. The van der Waals surface area contributed by atoms with Gasteiger partial charge in [-0.3, -0.25) is 10.1 Å². The van der Waals surface area contributed by atoms with Crippen LogP contribution < -0.4 is 5.32 Å². The zero-order valence-electron chi connectivity index (χ0n) is 11.6. The summed E-state index contributed by atoms with van der Waals surface area (Å²) >= 11 is 13.7. The third-order valence-electron chi connectivity index (χ3n) is 2.72. The van der Waals surface area contributed by atoms with E-state index < -0.39 is 5.60 Å². The van der Waals surface area contributed by atoms with Gasteiger partial charge >= 0.3 is 5.97 Å². The molecule has 1 N–H and O–H groups in total. The van der Waals surface area contributed by atoms with Crippen LogP contribution in [0.25, 0.3) is 0 Å². The van der Waals surface area contributed by atoms with Gasteiger partial charge in [-0.15, -0.1) is 11.8 Å². The van der Waals surface area contributed by atoms with Crippen molar-refractivity contribution in [1.29, 1.82) is 0 Å². The molecular formula is C14H17Cl2NO2S. The number of ether oxygens (including phenoxy) is 1. The smallest absolute Gasteiger partial charge is 0.324 e. The number of nitrogens with one attached hydrogen (secondary N) is 1. The Hall–Kier alpha value is -0.420. The van der Waals surface area contributed by atoms with Gasteiger partial charge in [0.25, 0.3) is 0 Å². The largest absolute Gasteiger partial charge is 0.459 e. The van der Waals surface area contributed by atoms with Crippen molar-refractivity contribution in [3.05, 3.63) is 33.8 Å². The van der Waals surface area contributed by atoms with E-state index in [1.165, 1.54) is 0 Å². The lowest BCUT2D eigenvalue weighted by atomic mass is 10.2. The molecule has 3 nitrogen and oxygen atoms in total. The molecule has 1 aliphatic rings. The highest BCUT2D eigenvalue weighted by atomic mass is 35.5. The molecular weight excluding hydrogens is 317 g/mol. The average Bonchev–Trinajstić information content (AvgIpc) is 2.75. The highest BCUT2D eigenvalue weighted by Gasteiger charge is 2.34. The van der Waals surface area contributed by atoms with Gasteiger partial charge in [-0.2, -0.15) is 0 Å². The molecule has 1 aromatic carbocycles. The minimum atomic E-state index is -0.473. The predicted molar refractivity (Wildman–Crippen MR) is 84.4 cm³/mol. The highest BCUT2D eigenvalue weighted by Crippen LogP contribution is 2.37. The SMILES string of the molecule is CC(C)(C)OC(=O)[C@H]1CSC(c2ccc(Cl)cc2Cl)N1.